The van der Waals surface area contributed by atoms with Crippen LogP contribution in [0.1, 0.15) is 0 Å². The van der Waals surface area contributed by atoms with Crippen LogP contribution in [0.15, 0.2) is 30.6 Å². The normalized spacial score (nSPS) is 10.5. The van der Waals surface area contributed by atoms with Crippen molar-refractivity contribution in [1.82, 2.24) is 0 Å². The second-order valence-electron chi connectivity index (χ2n) is 1.75. The average molecular weight is 228 g/mol. The van der Waals surface area contributed by atoms with Crippen molar-refractivity contribution in [2.24, 2.45) is 0 Å². The molecule has 0 aromatic carbocycles. The van der Waals surface area contributed by atoms with Gasteiger partial charge in [0.15, 0.2) is 12.4 Å². The number of nitrogens with zero attached hydrogens (tertiary/aromatic N) is 1. The minimum atomic E-state index is -4.29. The summed E-state index contributed by atoms with van der Waals surface area (Å²) in [5.74, 6) is 0. The highest BCUT2D eigenvalue weighted by Gasteiger charge is 2.40. The minimum absolute atomic E-state index is 0. The molecule has 0 saturated heterocycles. The Hall–Kier alpha value is -0.580. The number of aromatic nitrogens is 1. The summed E-state index contributed by atoms with van der Waals surface area (Å²) in [4.78, 5) is 0. The summed E-state index contributed by atoms with van der Waals surface area (Å²) in [6, 6.07) is 4.18. The van der Waals surface area contributed by atoms with Gasteiger partial charge >= 0.3 is 6.30 Å². The summed E-state index contributed by atoms with van der Waals surface area (Å²) in [5, 5.41) is 0. The van der Waals surface area contributed by atoms with Crippen molar-refractivity contribution in [2.75, 3.05) is 0 Å². The molecule has 0 spiro atoms. The van der Waals surface area contributed by atoms with Gasteiger partial charge in [0.25, 0.3) is 0 Å². The van der Waals surface area contributed by atoms with Crippen LogP contribution in [-0.4, -0.2) is 0 Å². The fourth-order valence-electron chi connectivity index (χ4n) is 0.568. The van der Waals surface area contributed by atoms with Gasteiger partial charge < -0.3 is 17.0 Å². The summed E-state index contributed by atoms with van der Waals surface area (Å²) in [6.07, 6.45) is -2.37. The Bertz CT molecular complexity index is 209. The van der Waals surface area contributed by atoms with Crippen molar-refractivity contribution in [3.8, 4) is 0 Å². The molecule has 1 nitrogen and oxygen atoms in total. The Balaban J connectivity index is 0.000001000. The molecule has 0 N–H and O–H groups in total. The largest absolute Gasteiger partial charge is 1.00 e. The molecule has 1 aromatic heterocycles. The lowest BCUT2D eigenvalue weighted by molar-refractivity contribution is -0.854. The molecule has 1 heterocycles. The van der Waals surface area contributed by atoms with Gasteiger partial charge in [-0.05, 0) is 0 Å². The molecule has 0 radical (unpaired) electrons. The predicted octanol–water partition coefficient (Wildman–Crippen LogP) is -1.55. The van der Waals surface area contributed by atoms with Crippen molar-refractivity contribution in [2.45, 2.75) is 6.30 Å². The molecule has 0 atom stereocenters. The van der Waals surface area contributed by atoms with E-state index >= 15 is 0 Å². The number of hydrogen-bond acceptors (Lipinski definition) is 0. The molecule has 0 unspecified atom stereocenters. The summed E-state index contributed by atoms with van der Waals surface area (Å²) >= 11 is 0. The molecular formula is C6H5BrF3N. The third kappa shape index (κ3) is 2.88. The average Bonchev–Trinajstić information content (AvgIpc) is 1.88. The van der Waals surface area contributed by atoms with Crippen molar-refractivity contribution < 1.29 is 34.7 Å². The first-order chi connectivity index (χ1) is 4.61. The molecule has 1 rings (SSSR count). The van der Waals surface area contributed by atoms with E-state index in [1.54, 1.807) is 0 Å². The van der Waals surface area contributed by atoms with Gasteiger partial charge in [-0.1, -0.05) is 6.07 Å². The number of pyridine rings is 1. The fourth-order valence-corrected chi connectivity index (χ4v) is 0.568. The van der Waals surface area contributed by atoms with Crippen molar-refractivity contribution in [3.63, 3.8) is 0 Å². The Kier molecular flexibility index (Phi) is 3.51. The van der Waals surface area contributed by atoms with Crippen LogP contribution in [0.5, 0.6) is 0 Å². The quantitative estimate of drug-likeness (QED) is 0.473. The van der Waals surface area contributed by atoms with Gasteiger partial charge in [-0.2, -0.15) is 0 Å². The molecular weight excluding hydrogens is 223 g/mol. The lowest BCUT2D eigenvalue weighted by atomic mass is 10.5. The van der Waals surface area contributed by atoms with Crippen LogP contribution in [0.4, 0.5) is 13.2 Å². The highest BCUT2D eigenvalue weighted by Crippen LogP contribution is 2.12. The molecule has 5 heteroatoms. The first kappa shape index (κ1) is 10.4. The Morgan fingerprint density at radius 2 is 1.36 bits per heavy atom. The molecule has 0 aliphatic heterocycles. The van der Waals surface area contributed by atoms with Crippen LogP contribution < -0.4 is 21.5 Å². The van der Waals surface area contributed by atoms with Crippen LogP contribution in [0, 0.1) is 0 Å². The number of halogens is 4. The zero-order chi connectivity index (χ0) is 7.61. The second kappa shape index (κ2) is 3.71. The molecule has 1 aromatic rings. The Morgan fingerprint density at radius 1 is 0.909 bits per heavy atom. The fraction of sp³-hybridized carbons (Fsp3) is 0.167. The van der Waals surface area contributed by atoms with Crippen LogP contribution >= 0.6 is 0 Å². The standard InChI is InChI=1S/C6H5F3N.BrH/c7-6(8,9)10-4-2-1-3-5-10;/h1-5H;1H/q+1;/p-1. The summed E-state index contributed by atoms with van der Waals surface area (Å²) in [6.45, 7) is 0. The highest BCUT2D eigenvalue weighted by molar-refractivity contribution is 4.83. The molecule has 0 aliphatic carbocycles. The lowest BCUT2D eigenvalue weighted by Gasteiger charge is -1.96. The molecule has 0 aliphatic rings. The highest BCUT2D eigenvalue weighted by atomic mass is 79.9. The third-order valence-corrected chi connectivity index (χ3v) is 1.01. The van der Waals surface area contributed by atoms with Gasteiger partial charge in [0.2, 0.25) is 0 Å². The van der Waals surface area contributed by atoms with Crippen LogP contribution in [0.25, 0.3) is 0 Å². The minimum Gasteiger partial charge on any atom is -1.00 e. The van der Waals surface area contributed by atoms with Crippen molar-refractivity contribution >= 4 is 0 Å². The van der Waals surface area contributed by atoms with Gasteiger partial charge in [0, 0.05) is 12.1 Å². The van der Waals surface area contributed by atoms with Crippen molar-refractivity contribution in [3.05, 3.63) is 30.6 Å². The number of rotatable bonds is 0. The van der Waals surface area contributed by atoms with Crippen LogP contribution in [0.3, 0.4) is 0 Å². The predicted molar refractivity (Wildman–Crippen MR) is 27.9 cm³/mol. The zero-order valence-corrected chi connectivity index (χ0v) is 6.93. The Labute approximate surface area is 72.2 Å². The van der Waals surface area contributed by atoms with Gasteiger partial charge in [0.1, 0.15) is 0 Å². The maximum absolute atomic E-state index is 11.8. The number of hydrogen-bond donors (Lipinski definition) is 0. The molecule has 0 saturated carbocycles. The van der Waals surface area contributed by atoms with Gasteiger partial charge in [0.05, 0.1) is 0 Å². The maximum Gasteiger partial charge on any atom is 0.637 e. The monoisotopic (exact) mass is 227 g/mol. The maximum atomic E-state index is 11.8. The van der Waals surface area contributed by atoms with Gasteiger partial charge in [-0.15, -0.1) is 17.7 Å². The second-order valence-corrected chi connectivity index (χ2v) is 1.75. The lowest BCUT2D eigenvalue weighted by Crippen LogP contribution is -3.00. The topological polar surface area (TPSA) is 3.88 Å². The smallest absolute Gasteiger partial charge is 0.637 e. The third-order valence-electron chi connectivity index (χ3n) is 1.01. The van der Waals surface area contributed by atoms with E-state index in [2.05, 4.69) is 0 Å². The molecule has 11 heavy (non-hydrogen) atoms. The molecule has 0 amide bonds. The van der Waals surface area contributed by atoms with E-state index in [4.69, 9.17) is 0 Å². The van der Waals surface area contributed by atoms with Crippen LogP contribution in [-0.2, 0) is 6.30 Å². The first-order valence-corrected chi connectivity index (χ1v) is 2.64. The summed E-state index contributed by atoms with van der Waals surface area (Å²) in [5.41, 5.74) is 0. The van der Waals surface area contributed by atoms with E-state index < -0.39 is 6.30 Å². The zero-order valence-electron chi connectivity index (χ0n) is 5.35. The SMILES string of the molecule is FC(F)(F)[n+]1ccccc1.[Br-]. The van der Waals surface area contributed by atoms with E-state index in [0.29, 0.717) is 0 Å². The summed E-state index contributed by atoms with van der Waals surface area (Å²) < 4.78 is 35.4. The molecule has 62 valence electrons. The number of alkyl halides is 3. The van der Waals surface area contributed by atoms with Crippen LogP contribution in [0.2, 0.25) is 0 Å². The van der Waals surface area contributed by atoms with E-state index in [9.17, 15) is 13.2 Å². The van der Waals surface area contributed by atoms with E-state index in [0.717, 1.165) is 12.4 Å². The molecule has 0 bridgehead atoms. The molecule has 0 fully saturated rings. The van der Waals surface area contributed by atoms with Crippen molar-refractivity contribution in [1.29, 1.82) is 0 Å². The first-order valence-electron chi connectivity index (χ1n) is 2.64. The van der Waals surface area contributed by atoms with Gasteiger partial charge in [-0.25, -0.2) is 0 Å². The van der Waals surface area contributed by atoms with E-state index in [-0.39, 0.29) is 21.5 Å². The Morgan fingerprint density at radius 3 is 1.64 bits per heavy atom. The van der Waals surface area contributed by atoms with Gasteiger partial charge in [-0.3, -0.25) is 0 Å². The van der Waals surface area contributed by atoms with E-state index in [1.807, 2.05) is 0 Å². The van der Waals surface area contributed by atoms with E-state index in [1.165, 1.54) is 18.2 Å². The summed E-state index contributed by atoms with van der Waals surface area (Å²) in [7, 11) is 0.